The molecule has 2 aliphatic rings. The molecule has 2 aromatic heterocycles. The van der Waals surface area contributed by atoms with Crippen LogP contribution in [0.25, 0.3) is 10.2 Å². The lowest BCUT2D eigenvalue weighted by molar-refractivity contribution is -0.126. The summed E-state index contributed by atoms with van der Waals surface area (Å²) in [4.78, 5) is 11.8. The van der Waals surface area contributed by atoms with Gasteiger partial charge in [-0.25, -0.2) is 9.97 Å². The highest BCUT2D eigenvalue weighted by Gasteiger charge is 2.29. The normalized spacial score (nSPS) is 24.4. The van der Waals surface area contributed by atoms with Gasteiger partial charge in [-0.1, -0.05) is 12.8 Å². The van der Waals surface area contributed by atoms with E-state index in [1.165, 1.54) is 25.6 Å². The number of piperidine rings is 1. The molecule has 2 fully saturated rings. The largest absolute Gasteiger partial charge is 0.393 e. The van der Waals surface area contributed by atoms with Crippen molar-refractivity contribution >= 4 is 39.0 Å². The molecule has 0 radical (unpaired) electrons. The minimum Gasteiger partial charge on any atom is -0.369 e. The van der Waals surface area contributed by atoms with E-state index >= 15 is 0 Å². The fourth-order valence-corrected chi connectivity index (χ4v) is 6.03. The molecular weight excluding hydrogens is 433 g/mol. The molecule has 9 heteroatoms. The van der Waals surface area contributed by atoms with Gasteiger partial charge >= 0.3 is 6.18 Å². The number of aromatic nitrogens is 2. The average Bonchev–Trinajstić information content (AvgIpc) is 3.10. The Kier molecular flexibility index (Phi) is 7.05. The van der Waals surface area contributed by atoms with E-state index in [0.717, 1.165) is 56.8 Å². The molecule has 0 bridgehead atoms. The minimum absolute atomic E-state index is 0.273. The fourth-order valence-electron chi connectivity index (χ4n) is 4.64. The number of halogens is 4. The van der Waals surface area contributed by atoms with Crippen LogP contribution in [0.5, 0.6) is 0 Å². The van der Waals surface area contributed by atoms with Crippen LogP contribution >= 0.6 is 22.9 Å². The van der Waals surface area contributed by atoms with Crippen molar-refractivity contribution in [2.75, 3.05) is 31.5 Å². The van der Waals surface area contributed by atoms with Crippen LogP contribution in [0.2, 0.25) is 0 Å². The molecule has 4 nitrogen and oxygen atoms in total. The van der Waals surface area contributed by atoms with E-state index in [2.05, 4.69) is 20.2 Å². The summed E-state index contributed by atoms with van der Waals surface area (Å²) in [5, 5.41) is 4.38. The van der Waals surface area contributed by atoms with Crippen molar-refractivity contribution in [1.29, 1.82) is 0 Å². The van der Waals surface area contributed by atoms with E-state index < -0.39 is 12.6 Å². The van der Waals surface area contributed by atoms with Crippen molar-refractivity contribution in [1.82, 2.24) is 14.9 Å². The van der Waals surface area contributed by atoms with Gasteiger partial charge in [0, 0.05) is 23.3 Å². The van der Waals surface area contributed by atoms with Gasteiger partial charge in [0.05, 0.1) is 11.8 Å². The third-order valence-corrected chi connectivity index (χ3v) is 7.95. The lowest BCUT2D eigenvalue weighted by atomic mass is 9.87. The molecule has 1 saturated heterocycles. The summed E-state index contributed by atoms with van der Waals surface area (Å²) in [7, 11) is 0. The molecule has 1 N–H and O–H groups in total. The van der Waals surface area contributed by atoms with Gasteiger partial charge in [0.1, 0.15) is 17.0 Å². The summed E-state index contributed by atoms with van der Waals surface area (Å²) in [5.41, 5.74) is 0. The molecule has 0 spiro atoms. The third kappa shape index (κ3) is 5.77. The van der Waals surface area contributed by atoms with Gasteiger partial charge in [-0.05, 0) is 56.7 Å². The summed E-state index contributed by atoms with van der Waals surface area (Å²) in [6, 6.07) is 1.57. The molecule has 4 rings (SSSR count). The summed E-state index contributed by atoms with van der Waals surface area (Å²) >= 11 is 7.61. The van der Waals surface area contributed by atoms with Gasteiger partial charge in [-0.2, -0.15) is 13.2 Å². The molecule has 2 atom stereocenters. The average molecular weight is 461 g/mol. The number of anilines is 1. The van der Waals surface area contributed by atoms with E-state index in [-0.39, 0.29) is 4.88 Å². The van der Waals surface area contributed by atoms with Crippen LogP contribution in [0.15, 0.2) is 12.4 Å². The minimum atomic E-state index is -4.21. The van der Waals surface area contributed by atoms with E-state index in [9.17, 15) is 13.2 Å². The number of rotatable bonds is 6. The molecule has 2 aromatic rings. The third-order valence-electron chi connectivity index (χ3n) is 6.33. The van der Waals surface area contributed by atoms with Gasteiger partial charge in [0.2, 0.25) is 0 Å². The second-order valence-electron chi connectivity index (χ2n) is 8.63. The van der Waals surface area contributed by atoms with Gasteiger partial charge in [-0.3, -0.25) is 0 Å². The molecule has 0 aromatic carbocycles. The number of hydrogen-bond donors (Lipinski definition) is 1. The first-order valence-corrected chi connectivity index (χ1v) is 12.0. The van der Waals surface area contributed by atoms with Crippen molar-refractivity contribution in [3.05, 3.63) is 17.3 Å². The van der Waals surface area contributed by atoms with Crippen LogP contribution in [0.4, 0.5) is 19.0 Å². The van der Waals surface area contributed by atoms with Crippen LogP contribution in [0.3, 0.4) is 0 Å². The second kappa shape index (κ2) is 9.57. The molecule has 1 aliphatic carbocycles. The Hall–Kier alpha value is -1.12. The summed E-state index contributed by atoms with van der Waals surface area (Å²) < 4.78 is 38.1. The quantitative estimate of drug-likeness (QED) is 0.560. The molecule has 1 saturated carbocycles. The van der Waals surface area contributed by atoms with Crippen LogP contribution < -0.4 is 5.32 Å². The number of fused-ring (bicyclic) bond motifs is 1. The van der Waals surface area contributed by atoms with E-state index in [1.54, 1.807) is 6.07 Å². The lowest BCUT2D eigenvalue weighted by Crippen LogP contribution is -2.41. The zero-order valence-corrected chi connectivity index (χ0v) is 18.5. The Morgan fingerprint density at radius 3 is 2.63 bits per heavy atom. The van der Waals surface area contributed by atoms with Crippen LogP contribution in [0, 0.1) is 11.8 Å². The molecule has 30 heavy (non-hydrogen) atoms. The smallest absolute Gasteiger partial charge is 0.369 e. The number of nitrogens with zero attached hydrogens (tertiary/aromatic N) is 3. The van der Waals surface area contributed by atoms with Crippen molar-refractivity contribution in [3.8, 4) is 0 Å². The van der Waals surface area contributed by atoms with Gasteiger partial charge < -0.3 is 10.2 Å². The highest BCUT2D eigenvalue weighted by Crippen LogP contribution is 2.33. The predicted octanol–water partition coefficient (Wildman–Crippen LogP) is 5.72. The number of alkyl halides is 4. The van der Waals surface area contributed by atoms with Gasteiger partial charge in [0.25, 0.3) is 0 Å². The number of hydrogen-bond acceptors (Lipinski definition) is 5. The summed E-state index contributed by atoms with van der Waals surface area (Å²) in [6.45, 7) is 4.06. The molecule has 1 aliphatic heterocycles. The van der Waals surface area contributed by atoms with Gasteiger partial charge in [0.15, 0.2) is 0 Å². The Labute approximate surface area is 184 Å². The first kappa shape index (κ1) is 22.1. The zero-order valence-electron chi connectivity index (χ0n) is 16.9. The van der Waals surface area contributed by atoms with Crippen LogP contribution in [0.1, 0.15) is 43.4 Å². The number of nitrogens with one attached hydrogen (secondary N) is 1. The van der Waals surface area contributed by atoms with Crippen molar-refractivity contribution in [3.63, 3.8) is 0 Å². The highest BCUT2D eigenvalue weighted by atomic mass is 35.5. The van der Waals surface area contributed by atoms with Crippen molar-refractivity contribution in [2.24, 2.45) is 11.8 Å². The van der Waals surface area contributed by atoms with Crippen molar-refractivity contribution < 1.29 is 13.2 Å². The number of thiophene rings is 1. The zero-order chi connectivity index (χ0) is 21.1. The maximum Gasteiger partial charge on any atom is 0.393 e. The Morgan fingerprint density at radius 1 is 1.13 bits per heavy atom. The topological polar surface area (TPSA) is 41.0 Å². The second-order valence-corrected chi connectivity index (χ2v) is 10.3. The molecule has 0 amide bonds. The predicted molar refractivity (Wildman–Crippen MR) is 116 cm³/mol. The molecule has 3 heterocycles. The summed E-state index contributed by atoms with van der Waals surface area (Å²) in [6.07, 6.45) is 3.48. The van der Waals surface area contributed by atoms with E-state index in [1.807, 2.05) is 0 Å². The van der Waals surface area contributed by atoms with Crippen LogP contribution in [-0.4, -0.2) is 52.6 Å². The molecule has 2 unspecified atom stereocenters. The maximum atomic E-state index is 12.7. The standard InChI is InChI=1S/C21H28ClF3N4S/c22-18-4-2-1-3-15(18)12-29-7-5-14(6-8-29)11-26-19-17-9-16(10-21(23,24)25)30-20(17)28-13-27-19/h9,13-15,18H,1-8,10-12H2,(H,26,27,28). The SMILES string of the molecule is FC(F)(F)Cc1cc2c(NCC3CCN(CC4CCCCC4Cl)CC3)ncnc2s1. The molecular formula is C21H28ClF3N4S. The van der Waals surface area contributed by atoms with Crippen molar-refractivity contribution in [2.45, 2.75) is 56.5 Å². The van der Waals surface area contributed by atoms with E-state index in [0.29, 0.717) is 33.2 Å². The lowest BCUT2D eigenvalue weighted by Gasteiger charge is -2.37. The first-order valence-electron chi connectivity index (χ1n) is 10.8. The fraction of sp³-hybridized carbons (Fsp3) is 0.714. The maximum absolute atomic E-state index is 12.7. The monoisotopic (exact) mass is 460 g/mol. The van der Waals surface area contributed by atoms with Gasteiger partial charge in [-0.15, -0.1) is 22.9 Å². The first-order chi connectivity index (χ1) is 14.4. The summed E-state index contributed by atoms with van der Waals surface area (Å²) in [5.74, 6) is 1.80. The Bertz CT molecular complexity index is 835. The van der Waals surface area contributed by atoms with E-state index in [4.69, 9.17) is 11.6 Å². The number of likely N-dealkylation sites (tertiary alicyclic amines) is 1. The van der Waals surface area contributed by atoms with Crippen LogP contribution in [-0.2, 0) is 6.42 Å². The highest BCUT2D eigenvalue weighted by molar-refractivity contribution is 7.18. The molecule has 166 valence electrons. The Morgan fingerprint density at radius 2 is 1.90 bits per heavy atom. The Balaban J connectivity index is 1.29.